The van der Waals surface area contributed by atoms with Crippen molar-refractivity contribution in [1.29, 1.82) is 0 Å². The highest BCUT2D eigenvalue weighted by molar-refractivity contribution is 5.98. The van der Waals surface area contributed by atoms with Crippen molar-refractivity contribution in [2.45, 2.75) is 37.7 Å². The van der Waals surface area contributed by atoms with Gasteiger partial charge in [0.25, 0.3) is 5.91 Å². The molecule has 0 saturated carbocycles. The zero-order chi connectivity index (χ0) is 26.6. The highest BCUT2D eigenvalue weighted by Crippen LogP contribution is 2.39. The Morgan fingerprint density at radius 2 is 2.00 bits per heavy atom. The van der Waals surface area contributed by atoms with E-state index in [4.69, 9.17) is 9.47 Å². The summed E-state index contributed by atoms with van der Waals surface area (Å²) in [7, 11) is 0. The predicted molar refractivity (Wildman–Crippen MR) is 125 cm³/mol. The van der Waals surface area contributed by atoms with Crippen molar-refractivity contribution in [2.24, 2.45) is 0 Å². The first kappa shape index (κ1) is 26.2. The molecule has 12 heteroatoms. The van der Waals surface area contributed by atoms with Gasteiger partial charge in [0, 0.05) is 19.6 Å². The number of hydrogen-bond donors (Lipinski definition) is 4. The van der Waals surface area contributed by atoms with Gasteiger partial charge in [-0.3, -0.25) is 9.59 Å². The van der Waals surface area contributed by atoms with E-state index in [-0.39, 0.29) is 30.2 Å². The van der Waals surface area contributed by atoms with Gasteiger partial charge in [-0.1, -0.05) is 18.2 Å². The lowest BCUT2D eigenvalue weighted by atomic mass is 9.97. The summed E-state index contributed by atoms with van der Waals surface area (Å²) in [6.45, 7) is 1.81. The van der Waals surface area contributed by atoms with Crippen LogP contribution in [0.25, 0.3) is 0 Å². The average Bonchev–Trinajstić information content (AvgIpc) is 3.56. The third kappa shape index (κ3) is 6.09. The number of aliphatic hydroxyl groups excluding tert-OH is 1. The Kier molecular flexibility index (Phi) is 7.50. The number of aliphatic hydroxyl groups is 1. The molecule has 1 aliphatic heterocycles. The van der Waals surface area contributed by atoms with Crippen LogP contribution >= 0.6 is 0 Å². The molecule has 37 heavy (non-hydrogen) atoms. The number of aromatic nitrogens is 2. The number of ether oxygens (including phenoxy) is 2. The van der Waals surface area contributed by atoms with E-state index < -0.39 is 40.9 Å². The van der Waals surface area contributed by atoms with E-state index in [0.717, 1.165) is 6.07 Å². The van der Waals surface area contributed by atoms with Crippen LogP contribution in [-0.2, 0) is 22.3 Å². The second-order valence-electron chi connectivity index (χ2n) is 8.66. The molecule has 1 fully saturated rings. The van der Waals surface area contributed by atoms with Crippen molar-refractivity contribution in [1.82, 2.24) is 20.6 Å². The Morgan fingerprint density at radius 1 is 1.24 bits per heavy atom. The standard InChI is InChI=1S/C25H25F3N4O5/c1-15(33)17-4-7-21(19(10-17)25(26,27)28)37-18-5-2-16(3-6-18)11-30-23(35)24(8-9-36-13-24)32-22(34)20-12-29-14-31-20/h2-7,10,12,14-15,33H,8-9,11,13H2,1H3,(H,29,31)(H,30,35)(H,32,34). The van der Waals surface area contributed by atoms with Gasteiger partial charge in [0.15, 0.2) is 0 Å². The molecule has 4 rings (SSSR count). The van der Waals surface area contributed by atoms with Crippen LogP contribution in [0.4, 0.5) is 13.2 Å². The second kappa shape index (κ2) is 10.6. The van der Waals surface area contributed by atoms with Crippen LogP contribution in [0.15, 0.2) is 55.0 Å². The van der Waals surface area contributed by atoms with Crippen molar-refractivity contribution in [2.75, 3.05) is 13.2 Å². The number of carbonyl (C=O) groups is 2. The molecule has 4 N–H and O–H groups in total. The van der Waals surface area contributed by atoms with Crippen molar-refractivity contribution in [3.8, 4) is 11.5 Å². The molecule has 0 spiro atoms. The highest BCUT2D eigenvalue weighted by Gasteiger charge is 2.44. The average molecular weight is 518 g/mol. The highest BCUT2D eigenvalue weighted by atomic mass is 19.4. The van der Waals surface area contributed by atoms with Crippen LogP contribution < -0.4 is 15.4 Å². The zero-order valence-corrected chi connectivity index (χ0v) is 19.8. The van der Waals surface area contributed by atoms with Gasteiger partial charge in [0.05, 0.1) is 30.8 Å². The third-order valence-corrected chi connectivity index (χ3v) is 5.95. The maximum atomic E-state index is 13.5. The van der Waals surface area contributed by atoms with Crippen LogP contribution in [0.5, 0.6) is 11.5 Å². The third-order valence-electron chi connectivity index (χ3n) is 5.95. The topological polar surface area (TPSA) is 126 Å². The molecule has 196 valence electrons. The van der Waals surface area contributed by atoms with E-state index in [1.165, 1.54) is 43.7 Å². The summed E-state index contributed by atoms with van der Waals surface area (Å²) in [5.74, 6) is -1.14. The quantitative estimate of drug-likeness (QED) is 0.362. The van der Waals surface area contributed by atoms with Gasteiger partial charge >= 0.3 is 6.18 Å². The van der Waals surface area contributed by atoms with Gasteiger partial charge in [0.1, 0.15) is 22.7 Å². The lowest BCUT2D eigenvalue weighted by molar-refractivity contribution is -0.138. The Bertz CT molecular complexity index is 1240. The summed E-state index contributed by atoms with van der Waals surface area (Å²) < 4.78 is 51.4. The molecule has 9 nitrogen and oxygen atoms in total. The molecule has 2 unspecified atom stereocenters. The number of hydrogen-bond acceptors (Lipinski definition) is 6. The minimum Gasteiger partial charge on any atom is -0.457 e. The van der Waals surface area contributed by atoms with E-state index in [1.54, 1.807) is 12.1 Å². The van der Waals surface area contributed by atoms with E-state index >= 15 is 0 Å². The maximum Gasteiger partial charge on any atom is 0.419 e. The monoisotopic (exact) mass is 518 g/mol. The number of nitrogens with one attached hydrogen (secondary N) is 3. The van der Waals surface area contributed by atoms with Crippen LogP contribution in [0, 0.1) is 0 Å². The fourth-order valence-electron chi connectivity index (χ4n) is 3.84. The molecule has 2 aromatic carbocycles. The molecule has 1 saturated heterocycles. The summed E-state index contributed by atoms with van der Waals surface area (Å²) >= 11 is 0. The van der Waals surface area contributed by atoms with Gasteiger partial charge in [-0.25, -0.2) is 4.98 Å². The number of halogens is 3. The maximum absolute atomic E-state index is 13.5. The first-order valence-electron chi connectivity index (χ1n) is 11.4. The molecule has 1 aliphatic rings. The van der Waals surface area contributed by atoms with Crippen molar-refractivity contribution in [3.63, 3.8) is 0 Å². The fourth-order valence-corrected chi connectivity index (χ4v) is 3.84. The molecule has 0 radical (unpaired) electrons. The van der Waals surface area contributed by atoms with Gasteiger partial charge in [-0.05, 0) is 42.3 Å². The molecule has 2 atom stereocenters. The Morgan fingerprint density at radius 3 is 2.59 bits per heavy atom. The largest absolute Gasteiger partial charge is 0.457 e. The normalized spacial score (nSPS) is 18.3. The van der Waals surface area contributed by atoms with Crippen molar-refractivity contribution >= 4 is 11.8 Å². The van der Waals surface area contributed by atoms with E-state index in [1.807, 2.05) is 0 Å². The van der Waals surface area contributed by atoms with Crippen molar-refractivity contribution < 1.29 is 37.3 Å². The number of carbonyl (C=O) groups excluding carboxylic acids is 2. The SMILES string of the molecule is CC(O)c1ccc(Oc2ccc(CNC(=O)C3(NC(=O)c4cnc[nH]4)CCOC3)cc2)c(C(F)(F)F)c1. The van der Waals surface area contributed by atoms with Crippen LogP contribution in [0.1, 0.15) is 46.6 Å². The number of rotatable bonds is 8. The number of amides is 2. The summed E-state index contributed by atoms with van der Waals surface area (Å²) in [5.41, 5.74) is -1.24. The molecule has 2 amide bonds. The molecule has 2 heterocycles. The summed E-state index contributed by atoms with van der Waals surface area (Å²) in [6.07, 6.45) is -2.73. The Balaban J connectivity index is 1.40. The minimum absolute atomic E-state index is 0.0148. The number of benzene rings is 2. The van der Waals surface area contributed by atoms with E-state index in [2.05, 4.69) is 20.6 Å². The lowest BCUT2D eigenvalue weighted by Gasteiger charge is -2.27. The first-order valence-corrected chi connectivity index (χ1v) is 11.4. The summed E-state index contributed by atoms with van der Waals surface area (Å²) in [5, 5.41) is 15.1. The summed E-state index contributed by atoms with van der Waals surface area (Å²) in [6, 6.07) is 9.57. The number of imidazole rings is 1. The number of H-pyrrole nitrogens is 1. The molecule has 0 aliphatic carbocycles. The number of nitrogens with zero attached hydrogens (tertiary/aromatic N) is 1. The van der Waals surface area contributed by atoms with E-state index in [0.29, 0.717) is 18.6 Å². The molecule has 3 aromatic rings. The molecule has 1 aromatic heterocycles. The van der Waals surface area contributed by atoms with Gasteiger partial charge in [-0.2, -0.15) is 13.2 Å². The van der Waals surface area contributed by atoms with E-state index in [9.17, 15) is 27.9 Å². The molecule has 0 bridgehead atoms. The zero-order valence-electron chi connectivity index (χ0n) is 19.8. The van der Waals surface area contributed by atoms with Gasteiger partial charge < -0.3 is 30.2 Å². The van der Waals surface area contributed by atoms with Crippen LogP contribution in [0.3, 0.4) is 0 Å². The number of alkyl halides is 3. The van der Waals surface area contributed by atoms with Gasteiger partial charge in [-0.15, -0.1) is 0 Å². The smallest absolute Gasteiger partial charge is 0.419 e. The Labute approximate surface area is 210 Å². The van der Waals surface area contributed by atoms with Crippen LogP contribution in [-0.4, -0.2) is 45.6 Å². The molecular formula is C25H25F3N4O5. The van der Waals surface area contributed by atoms with Crippen LogP contribution in [0.2, 0.25) is 0 Å². The predicted octanol–water partition coefficient (Wildman–Crippen LogP) is 3.48. The van der Waals surface area contributed by atoms with Gasteiger partial charge in [0.2, 0.25) is 5.91 Å². The summed E-state index contributed by atoms with van der Waals surface area (Å²) in [4.78, 5) is 31.9. The first-order chi connectivity index (χ1) is 17.6. The second-order valence-corrected chi connectivity index (χ2v) is 8.66. The number of aromatic amines is 1. The molecular weight excluding hydrogens is 493 g/mol. The van der Waals surface area contributed by atoms with Crippen molar-refractivity contribution in [3.05, 3.63) is 77.4 Å². The lowest BCUT2D eigenvalue weighted by Crippen LogP contribution is -2.59. The fraction of sp³-hybridized carbons (Fsp3) is 0.320. The minimum atomic E-state index is -4.67. The Hall–Kier alpha value is -3.90.